The Hall–Kier alpha value is -0.0400. The van der Waals surface area contributed by atoms with Gasteiger partial charge in [0.2, 0.25) is 0 Å². The molecule has 54 valence electrons. The van der Waals surface area contributed by atoms with Gasteiger partial charge in [0.25, 0.3) is 0 Å². The smallest absolute Gasteiger partial charge is 0.0568 e. The third kappa shape index (κ3) is 1.26. The first kappa shape index (κ1) is 7.07. The average Bonchev–Trinajstić information content (AvgIpc) is 2.49. The van der Waals surface area contributed by atoms with Crippen molar-refractivity contribution in [1.29, 1.82) is 0 Å². The monoisotopic (exact) mass is 128 g/mol. The normalized spacial score (nSPS) is 25.7. The van der Waals surface area contributed by atoms with Crippen molar-refractivity contribution in [3.8, 4) is 0 Å². The molecule has 0 amide bonds. The lowest BCUT2D eigenvalue weighted by Crippen LogP contribution is -2.17. The second-order valence-electron chi connectivity index (χ2n) is 3.29. The van der Waals surface area contributed by atoms with E-state index in [-0.39, 0.29) is 6.10 Å². The topological polar surface area (TPSA) is 20.2 Å². The molecule has 1 saturated carbocycles. The lowest BCUT2D eigenvalue weighted by Gasteiger charge is -2.16. The third-order valence-corrected chi connectivity index (χ3v) is 2.53. The molecule has 1 fully saturated rings. The van der Waals surface area contributed by atoms with E-state index in [1.54, 1.807) is 0 Å². The van der Waals surface area contributed by atoms with Gasteiger partial charge < -0.3 is 5.11 Å². The van der Waals surface area contributed by atoms with Gasteiger partial charge >= 0.3 is 0 Å². The van der Waals surface area contributed by atoms with Gasteiger partial charge in [-0.25, -0.2) is 0 Å². The Morgan fingerprint density at radius 3 is 2.22 bits per heavy atom. The minimum Gasteiger partial charge on any atom is -0.393 e. The SMILES string of the molecule is CCCC1(C(C)O)CC1. The summed E-state index contributed by atoms with van der Waals surface area (Å²) in [6, 6.07) is 0. The molecular weight excluding hydrogens is 112 g/mol. The molecule has 0 saturated heterocycles. The average molecular weight is 128 g/mol. The molecule has 1 N–H and O–H groups in total. The fourth-order valence-electron chi connectivity index (χ4n) is 1.54. The highest BCUT2D eigenvalue weighted by Crippen LogP contribution is 2.52. The van der Waals surface area contributed by atoms with E-state index >= 15 is 0 Å². The van der Waals surface area contributed by atoms with Crippen LogP contribution >= 0.6 is 0 Å². The van der Waals surface area contributed by atoms with Crippen LogP contribution in [0.4, 0.5) is 0 Å². The fraction of sp³-hybridized carbons (Fsp3) is 1.00. The maximum absolute atomic E-state index is 9.27. The number of rotatable bonds is 3. The van der Waals surface area contributed by atoms with Gasteiger partial charge in [-0.3, -0.25) is 0 Å². The summed E-state index contributed by atoms with van der Waals surface area (Å²) in [5, 5.41) is 9.27. The zero-order chi connectivity index (χ0) is 6.91. The highest BCUT2D eigenvalue weighted by molar-refractivity contribution is 4.96. The van der Waals surface area contributed by atoms with Crippen molar-refractivity contribution in [2.45, 2.75) is 45.6 Å². The fourth-order valence-corrected chi connectivity index (χ4v) is 1.54. The highest BCUT2D eigenvalue weighted by atomic mass is 16.3. The molecule has 0 bridgehead atoms. The molecule has 1 atom stereocenters. The summed E-state index contributed by atoms with van der Waals surface area (Å²) < 4.78 is 0. The maximum Gasteiger partial charge on any atom is 0.0568 e. The Bertz CT molecular complexity index is 92.7. The predicted molar refractivity (Wildman–Crippen MR) is 38.3 cm³/mol. The van der Waals surface area contributed by atoms with Crippen molar-refractivity contribution >= 4 is 0 Å². The standard InChI is InChI=1S/C8H16O/c1-3-4-8(5-6-8)7(2)9/h7,9H,3-6H2,1-2H3. The van der Waals surface area contributed by atoms with E-state index in [9.17, 15) is 5.11 Å². The zero-order valence-electron chi connectivity index (χ0n) is 6.35. The van der Waals surface area contributed by atoms with Gasteiger partial charge in [-0.15, -0.1) is 0 Å². The zero-order valence-corrected chi connectivity index (χ0v) is 6.35. The summed E-state index contributed by atoms with van der Waals surface area (Å²) in [5.74, 6) is 0. The minimum atomic E-state index is -0.0718. The second kappa shape index (κ2) is 2.30. The van der Waals surface area contributed by atoms with Crippen LogP contribution in [0, 0.1) is 5.41 Å². The predicted octanol–water partition coefficient (Wildman–Crippen LogP) is 1.95. The Kier molecular flexibility index (Phi) is 1.80. The van der Waals surface area contributed by atoms with Crippen molar-refractivity contribution in [3.63, 3.8) is 0 Å². The van der Waals surface area contributed by atoms with Crippen LogP contribution in [0.15, 0.2) is 0 Å². The van der Waals surface area contributed by atoms with Gasteiger partial charge in [0.15, 0.2) is 0 Å². The van der Waals surface area contributed by atoms with Crippen LogP contribution in [-0.2, 0) is 0 Å². The number of aliphatic hydroxyl groups excluding tert-OH is 1. The van der Waals surface area contributed by atoms with Crippen LogP contribution in [0.3, 0.4) is 0 Å². The molecule has 0 spiro atoms. The summed E-state index contributed by atoms with van der Waals surface area (Å²) in [7, 11) is 0. The summed E-state index contributed by atoms with van der Waals surface area (Å²) in [4.78, 5) is 0. The lowest BCUT2D eigenvalue weighted by molar-refractivity contribution is 0.104. The van der Waals surface area contributed by atoms with Gasteiger partial charge in [0.1, 0.15) is 0 Å². The molecule has 9 heavy (non-hydrogen) atoms. The molecule has 1 unspecified atom stereocenters. The third-order valence-electron chi connectivity index (χ3n) is 2.53. The molecule has 0 aromatic carbocycles. The van der Waals surface area contributed by atoms with Crippen molar-refractivity contribution in [3.05, 3.63) is 0 Å². The molecular formula is C8H16O. The van der Waals surface area contributed by atoms with Crippen LogP contribution in [0.2, 0.25) is 0 Å². The quantitative estimate of drug-likeness (QED) is 0.616. The molecule has 1 nitrogen and oxygen atoms in total. The van der Waals surface area contributed by atoms with E-state index in [0.29, 0.717) is 5.41 Å². The minimum absolute atomic E-state index is 0.0718. The van der Waals surface area contributed by atoms with Crippen LogP contribution < -0.4 is 0 Å². The van der Waals surface area contributed by atoms with E-state index in [1.807, 2.05) is 6.92 Å². The van der Waals surface area contributed by atoms with Crippen LogP contribution in [0.1, 0.15) is 39.5 Å². The van der Waals surface area contributed by atoms with E-state index in [2.05, 4.69) is 6.92 Å². The molecule has 1 heteroatoms. The molecule has 0 radical (unpaired) electrons. The van der Waals surface area contributed by atoms with Crippen LogP contribution in [0.25, 0.3) is 0 Å². The van der Waals surface area contributed by atoms with E-state index < -0.39 is 0 Å². The van der Waals surface area contributed by atoms with E-state index in [1.165, 1.54) is 25.7 Å². The Balaban J connectivity index is 2.33. The molecule has 1 aliphatic rings. The van der Waals surface area contributed by atoms with Gasteiger partial charge in [0.05, 0.1) is 6.10 Å². The largest absolute Gasteiger partial charge is 0.393 e. The number of aliphatic hydroxyl groups is 1. The van der Waals surface area contributed by atoms with Gasteiger partial charge in [0, 0.05) is 0 Å². The van der Waals surface area contributed by atoms with Crippen molar-refractivity contribution < 1.29 is 5.11 Å². The molecule has 1 rings (SSSR count). The molecule has 0 aliphatic heterocycles. The summed E-state index contributed by atoms with van der Waals surface area (Å²) in [6.45, 7) is 4.10. The van der Waals surface area contributed by atoms with Crippen molar-refractivity contribution in [1.82, 2.24) is 0 Å². The van der Waals surface area contributed by atoms with Crippen molar-refractivity contribution in [2.24, 2.45) is 5.41 Å². The highest BCUT2D eigenvalue weighted by Gasteiger charge is 2.45. The summed E-state index contributed by atoms with van der Waals surface area (Å²) >= 11 is 0. The first-order valence-electron chi connectivity index (χ1n) is 3.89. The molecule has 0 heterocycles. The Labute approximate surface area is 57.1 Å². The number of hydrogen-bond donors (Lipinski definition) is 1. The molecule has 1 aliphatic carbocycles. The maximum atomic E-state index is 9.27. The van der Waals surface area contributed by atoms with E-state index in [0.717, 1.165) is 0 Å². The van der Waals surface area contributed by atoms with Gasteiger partial charge in [-0.1, -0.05) is 13.3 Å². The summed E-state index contributed by atoms with van der Waals surface area (Å²) in [5.41, 5.74) is 0.356. The molecule has 0 aromatic rings. The first-order chi connectivity index (χ1) is 4.21. The second-order valence-corrected chi connectivity index (χ2v) is 3.29. The first-order valence-corrected chi connectivity index (χ1v) is 3.89. The van der Waals surface area contributed by atoms with Gasteiger partial charge in [-0.05, 0) is 31.6 Å². The number of hydrogen-bond acceptors (Lipinski definition) is 1. The van der Waals surface area contributed by atoms with Crippen LogP contribution in [-0.4, -0.2) is 11.2 Å². The van der Waals surface area contributed by atoms with Crippen molar-refractivity contribution in [2.75, 3.05) is 0 Å². The van der Waals surface area contributed by atoms with E-state index in [4.69, 9.17) is 0 Å². The summed E-state index contributed by atoms with van der Waals surface area (Å²) in [6.07, 6.45) is 4.85. The Morgan fingerprint density at radius 2 is 2.11 bits per heavy atom. The van der Waals surface area contributed by atoms with Crippen LogP contribution in [0.5, 0.6) is 0 Å². The Morgan fingerprint density at radius 1 is 1.56 bits per heavy atom. The van der Waals surface area contributed by atoms with Gasteiger partial charge in [-0.2, -0.15) is 0 Å². The molecule has 0 aromatic heterocycles. The lowest BCUT2D eigenvalue weighted by atomic mass is 9.95.